The summed E-state index contributed by atoms with van der Waals surface area (Å²) in [5, 5.41) is 10.2. The minimum Gasteiger partial charge on any atom is -0.309 e. The predicted octanol–water partition coefficient (Wildman–Crippen LogP) is 5.64. The highest BCUT2D eigenvalue weighted by atomic mass is 32.2. The van der Waals surface area contributed by atoms with Gasteiger partial charge < -0.3 is 4.98 Å². The lowest BCUT2D eigenvalue weighted by atomic mass is 10.1. The molecular weight excluding hydrogens is 430 g/mol. The topological polar surface area (TPSA) is 76.5 Å². The molecule has 0 aliphatic heterocycles. The van der Waals surface area contributed by atoms with Crippen molar-refractivity contribution >= 4 is 22.7 Å². The summed E-state index contributed by atoms with van der Waals surface area (Å²) >= 11 is 1.52. The van der Waals surface area contributed by atoms with Crippen LogP contribution in [0.1, 0.15) is 29.1 Å². The molecule has 1 N–H and O–H groups in total. The monoisotopic (exact) mass is 453 g/mol. The molecule has 1 atom stereocenters. The molecule has 5 aromatic rings. The van der Waals surface area contributed by atoms with Crippen LogP contribution in [0.15, 0.2) is 82.7 Å². The number of nitrogens with one attached hydrogen (secondary N) is 1. The first-order chi connectivity index (χ1) is 16.0. The third-order valence-corrected chi connectivity index (χ3v) is 6.76. The van der Waals surface area contributed by atoms with Gasteiger partial charge in [-0.1, -0.05) is 60.3 Å². The molecule has 0 spiro atoms. The van der Waals surface area contributed by atoms with Crippen molar-refractivity contribution in [3.05, 3.63) is 100 Å². The molecule has 2 heterocycles. The Morgan fingerprint density at radius 2 is 1.67 bits per heavy atom. The summed E-state index contributed by atoms with van der Waals surface area (Å²) in [6, 6.07) is 23.7. The van der Waals surface area contributed by atoms with Gasteiger partial charge in [0.05, 0.1) is 21.8 Å². The Morgan fingerprint density at radius 1 is 0.909 bits per heavy atom. The van der Waals surface area contributed by atoms with Crippen LogP contribution >= 0.6 is 11.8 Å². The summed E-state index contributed by atoms with van der Waals surface area (Å²) < 4.78 is 2.07. The van der Waals surface area contributed by atoms with Crippen LogP contribution in [0.5, 0.6) is 0 Å². The number of fused-ring (bicyclic) bond motifs is 1. The first kappa shape index (κ1) is 21.2. The highest BCUT2D eigenvalue weighted by Crippen LogP contribution is 2.36. The number of aryl methyl sites for hydroxylation is 2. The molecular formula is C26H23N5OS. The van der Waals surface area contributed by atoms with Gasteiger partial charge in [0.25, 0.3) is 5.56 Å². The SMILES string of the molecule is Cc1ccc(-n2c(SC(C)c3nc4ccccc4c(=O)[nH]3)nnc2-c2ccccc2)cc1C. The molecule has 1 unspecified atom stereocenters. The van der Waals surface area contributed by atoms with E-state index in [9.17, 15) is 4.79 Å². The standard InChI is InChI=1S/C26H23N5OS/c1-16-13-14-20(15-17(16)2)31-24(19-9-5-4-6-10-19)29-30-26(31)33-18(3)23-27-22-12-8-7-11-21(22)25(32)28-23/h4-15,18H,1-3H3,(H,27,28,32). The molecule has 0 radical (unpaired) electrons. The van der Waals surface area contributed by atoms with Gasteiger partial charge in [0.1, 0.15) is 5.82 Å². The first-order valence-electron chi connectivity index (χ1n) is 10.8. The number of rotatable bonds is 5. The minimum atomic E-state index is -0.138. The van der Waals surface area contributed by atoms with E-state index in [1.54, 1.807) is 6.07 Å². The Balaban J connectivity index is 1.59. The second-order valence-corrected chi connectivity index (χ2v) is 9.31. The molecule has 0 aliphatic carbocycles. The van der Waals surface area contributed by atoms with E-state index in [0.29, 0.717) is 16.7 Å². The normalized spacial score (nSPS) is 12.2. The third-order valence-electron chi connectivity index (χ3n) is 5.71. The Bertz CT molecular complexity index is 1510. The number of nitrogens with zero attached hydrogens (tertiary/aromatic N) is 4. The fraction of sp³-hybridized carbons (Fsp3) is 0.154. The summed E-state index contributed by atoms with van der Waals surface area (Å²) in [6.45, 7) is 6.22. The minimum absolute atomic E-state index is 0.136. The molecule has 0 saturated carbocycles. The second kappa shape index (κ2) is 8.67. The van der Waals surface area contributed by atoms with Crippen LogP contribution in [0.2, 0.25) is 0 Å². The number of thioether (sulfide) groups is 1. The maximum Gasteiger partial charge on any atom is 0.258 e. The van der Waals surface area contributed by atoms with E-state index in [4.69, 9.17) is 4.98 Å². The molecule has 0 aliphatic rings. The van der Waals surface area contributed by atoms with E-state index >= 15 is 0 Å². The van der Waals surface area contributed by atoms with Crippen molar-refractivity contribution in [3.8, 4) is 17.1 Å². The number of hydrogen-bond acceptors (Lipinski definition) is 5. The fourth-order valence-electron chi connectivity index (χ4n) is 3.73. The lowest BCUT2D eigenvalue weighted by molar-refractivity contribution is 0.861. The van der Waals surface area contributed by atoms with E-state index in [2.05, 4.69) is 51.8 Å². The highest BCUT2D eigenvalue weighted by Gasteiger charge is 2.21. The number of H-pyrrole nitrogens is 1. The van der Waals surface area contributed by atoms with Gasteiger partial charge in [-0.25, -0.2) is 4.98 Å². The van der Waals surface area contributed by atoms with Crippen LogP contribution < -0.4 is 5.56 Å². The maximum atomic E-state index is 12.6. The van der Waals surface area contributed by atoms with Crippen LogP contribution in [0, 0.1) is 13.8 Å². The van der Waals surface area contributed by atoms with Gasteiger partial charge in [0.2, 0.25) is 0 Å². The van der Waals surface area contributed by atoms with E-state index in [-0.39, 0.29) is 10.8 Å². The lowest BCUT2D eigenvalue weighted by Crippen LogP contribution is -2.13. The molecule has 3 aromatic carbocycles. The molecule has 5 rings (SSSR count). The van der Waals surface area contributed by atoms with Crippen LogP contribution in [-0.4, -0.2) is 24.7 Å². The molecule has 164 valence electrons. The Hall–Kier alpha value is -3.71. The van der Waals surface area contributed by atoms with Crippen molar-refractivity contribution in [2.75, 3.05) is 0 Å². The van der Waals surface area contributed by atoms with Crippen molar-refractivity contribution < 1.29 is 0 Å². The fourth-order valence-corrected chi connectivity index (χ4v) is 4.65. The second-order valence-electron chi connectivity index (χ2n) is 8.00. The Labute approximate surface area is 195 Å². The average Bonchev–Trinajstić information content (AvgIpc) is 3.25. The summed E-state index contributed by atoms with van der Waals surface area (Å²) in [5.41, 5.74) is 4.96. The molecule has 7 heteroatoms. The van der Waals surface area contributed by atoms with Crippen molar-refractivity contribution in [2.45, 2.75) is 31.2 Å². The van der Waals surface area contributed by atoms with E-state index < -0.39 is 0 Å². The third kappa shape index (κ3) is 4.07. The van der Waals surface area contributed by atoms with Crippen molar-refractivity contribution in [1.29, 1.82) is 0 Å². The molecule has 0 amide bonds. The zero-order chi connectivity index (χ0) is 22.9. The lowest BCUT2D eigenvalue weighted by Gasteiger charge is -2.15. The van der Waals surface area contributed by atoms with E-state index in [0.717, 1.165) is 22.2 Å². The largest absolute Gasteiger partial charge is 0.309 e. The van der Waals surface area contributed by atoms with Gasteiger partial charge in [0.15, 0.2) is 11.0 Å². The summed E-state index contributed by atoms with van der Waals surface area (Å²) in [5.74, 6) is 1.38. The van der Waals surface area contributed by atoms with Crippen LogP contribution in [-0.2, 0) is 0 Å². The highest BCUT2D eigenvalue weighted by molar-refractivity contribution is 7.99. The van der Waals surface area contributed by atoms with Crippen molar-refractivity contribution in [1.82, 2.24) is 24.7 Å². The molecule has 0 fully saturated rings. The number of aromatic nitrogens is 5. The molecule has 0 bridgehead atoms. The van der Waals surface area contributed by atoms with Crippen LogP contribution in [0.25, 0.3) is 28.0 Å². The predicted molar refractivity (Wildman–Crippen MR) is 133 cm³/mol. The van der Waals surface area contributed by atoms with Gasteiger partial charge in [-0.05, 0) is 56.2 Å². The van der Waals surface area contributed by atoms with Crippen molar-refractivity contribution in [2.24, 2.45) is 0 Å². The van der Waals surface area contributed by atoms with Gasteiger partial charge in [-0.2, -0.15) is 0 Å². The Morgan fingerprint density at radius 3 is 2.45 bits per heavy atom. The summed E-state index contributed by atoms with van der Waals surface area (Å²) in [4.78, 5) is 20.2. The van der Waals surface area contributed by atoms with Crippen LogP contribution in [0.4, 0.5) is 0 Å². The average molecular weight is 454 g/mol. The zero-order valence-electron chi connectivity index (χ0n) is 18.6. The Kier molecular flexibility index (Phi) is 5.56. The van der Waals surface area contributed by atoms with Crippen molar-refractivity contribution in [3.63, 3.8) is 0 Å². The molecule has 2 aromatic heterocycles. The van der Waals surface area contributed by atoms with Gasteiger partial charge in [0, 0.05) is 5.56 Å². The quantitative estimate of drug-likeness (QED) is 0.349. The number of aromatic amines is 1. The van der Waals surface area contributed by atoms with E-state index in [1.165, 1.54) is 22.9 Å². The smallest absolute Gasteiger partial charge is 0.258 e. The maximum absolute atomic E-state index is 12.6. The number of hydrogen-bond donors (Lipinski definition) is 1. The van der Waals surface area contributed by atoms with Crippen LogP contribution in [0.3, 0.4) is 0 Å². The van der Waals surface area contributed by atoms with E-state index in [1.807, 2.05) is 55.5 Å². The van der Waals surface area contributed by atoms with Gasteiger partial charge in [-0.3, -0.25) is 9.36 Å². The first-order valence-corrected chi connectivity index (χ1v) is 11.6. The van der Waals surface area contributed by atoms with Gasteiger partial charge in [-0.15, -0.1) is 10.2 Å². The number of para-hydroxylation sites is 1. The zero-order valence-corrected chi connectivity index (χ0v) is 19.4. The molecule has 6 nitrogen and oxygen atoms in total. The summed E-state index contributed by atoms with van der Waals surface area (Å²) in [6.07, 6.45) is 0. The summed E-state index contributed by atoms with van der Waals surface area (Å²) in [7, 11) is 0. The van der Waals surface area contributed by atoms with Gasteiger partial charge >= 0.3 is 0 Å². The molecule has 33 heavy (non-hydrogen) atoms. The molecule has 0 saturated heterocycles. The number of benzene rings is 3.